The Kier molecular flexibility index (Phi) is 4.85. The van der Waals surface area contributed by atoms with E-state index < -0.39 is 0 Å². The number of nitrogens with one attached hydrogen (secondary N) is 1. The van der Waals surface area contributed by atoms with Gasteiger partial charge in [0.2, 0.25) is 0 Å². The molecule has 0 bridgehead atoms. The lowest BCUT2D eigenvalue weighted by Gasteiger charge is -2.27. The van der Waals surface area contributed by atoms with Gasteiger partial charge in [0.05, 0.1) is 30.7 Å². The first kappa shape index (κ1) is 17.2. The average Bonchev–Trinajstić information content (AvgIpc) is 3.29. The van der Waals surface area contributed by atoms with E-state index >= 15 is 0 Å². The molecule has 8 heteroatoms. The molecule has 1 aliphatic rings. The van der Waals surface area contributed by atoms with Crippen LogP contribution in [-0.2, 0) is 32.7 Å². The van der Waals surface area contributed by atoms with Gasteiger partial charge in [0, 0.05) is 44.8 Å². The fraction of sp³-hybridized carbons (Fsp3) is 0.368. The van der Waals surface area contributed by atoms with Crippen LogP contribution < -0.4 is 5.32 Å². The first-order valence-corrected chi connectivity index (χ1v) is 9.12. The summed E-state index contributed by atoms with van der Waals surface area (Å²) in [5, 5.41) is 17.2. The number of fused-ring (bicyclic) bond motifs is 1. The van der Waals surface area contributed by atoms with Gasteiger partial charge in [-0.15, -0.1) is 0 Å². The van der Waals surface area contributed by atoms with E-state index in [-0.39, 0.29) is 0 Å². The van der Waals surface area contributed by atoms with Gasteiger partial charge in [0.25, 0.3) is 0 Å². The highest BCUT2D eigenvalue weighted by Gasteiger charge is 2.19. The summed E-state index contributed by atoms with van der Waals surface area (Å²) in [7, 11) is 0. The number of anilines is 1. The molecule has 1 aliphatic heterocycles. The van der Waals surface area contributed by atoms with Gasteiger partial charge < -0.3 is 9.88 Å². The molecule has 0 spiro atoms. The monoisotopic (exact) mass is 362 g/mol. The Labute approximate surface area is 158 Å². The van der Waals surface area contributed by atoms with Crippen LogP contribution in [0.15, 0.2) is 36.9 Å². The molecule has 0 radical (unpaired) electrons. The Balaban J connectivity index is 1.39. The van der Waals surface area contributed by atoms with Gasteiger partial charge in [-0.05, 0) is 24.6 Å². The zero-order valence-corrected chi connectivity index (χ0v) is 15.3. The van der Waals surface area contributed by atoms with E-state index in [2.05, 4.69) is 55.2 Å². The van der Waals surface area contributed by atoms with E-state index in [0.29, 0.717) is 6.54 Å². The maximum atomic E-state index is 9.22. The molecule has 0 saturated carbocycles. The summed E-state index contributed by atoms with van der Waals surface area (Å²) in [4.78, 5) is 10.7. The first-order valence-electron chi connectivity index (χ1n) is 9.12. The highest BCUT2D eigenvalue weighted by atomic mass is 15.3. The van der Waals surface area contributed by atoms with Crippen LogP contribution in [0, 0.1) is 11.3 Å². The molecule has 3 aromatic heterocycles. The second-order valence-electron chi connectivity index (χ2n) is 6.64. The Bertz CT molecular complexity index is 950. The molecule has 0 aliphatic carbocycles. The minimum absolute atomic E-state index is 0.629. The van der Waals surface area contributed by atoms with Crippen LogP contribution in [0.2, 0.25) is 0 Å². The molecule has 0 saturated heterocycles. The predicted molar refractivity (Wildman–Crippen MR) is 101 cm³/mol. The first-order chi connectivity index (χ1) is 13.2. The molecule has 8 nitrogen and oxygen atoms in total. The molecule has 3 aromatic rings. The highest BCUT2D eigenvalue weighted by Crippen LogP contribution is 2.18. The minimum atomic E-state index is 0.629. The second-order valence-corrected chi connectivity index (χ2v) is 6.64. The van der Waals surface area contributed by atoms with Crippen LogP contribution in [0.4, 0.5) is 5.82 Å². The summed E-state index contributed by atoms with van der Waals surface area (Å²) in [5.41, 5.74) is 4.13. The molecule has 138 valence electrons. The number of nitrogens with zero attached hydrogens (tertiary/aromatic N) is 7. The van der Waals surface area contributed by atoms with Crippen molar-refractivity contribution in [3.05, 3.63) is 59.6 Å². The van der Waals surface area contributed by atoms with E-state index in [1.165, 1.54) is 11.3 Å². The molecule has 0 amide bonds. The third-order valence-corrected chi connectivity index (χ3v) is 4.76. The molecule has 27 heavy (non-hydrogen) atoms. The quantitative estimate of drug-likeness (QED) is 0.722. The SMILES string of the molecule is CCn1cc(CN2CCn3nc(CNc4cnccn4)cc3C2)cc1C#N. The second kappa shape index (κ2) is 7.60. The smallest absolute Gasteiger partial charge is 0.144 e. The zero-order chi connectivity index (χ0) is 18.6. The van der Waals surface area contributed by atoms with Crippen molar-refractivity contribution < 1.29 is 0 Å². The average molecular weight is 362 g/mol. The van der Waals surface area contributed by atoms with Crippen molar-refractivity contribution in [1.82, 2.24) is 29.2 Å². The van der Waals surface area contributed by atoms with Crippen molar-refractivity contribution >= 4 is 5.82 Å². The van der Waals surface area contributed by atoms with Crippen LogP contribution in [0.25, 0.3) is 0 Å². The summed E-state index contributed by atoms with van der Waals surface area (Å²) in [6.45, 7) is 7.03. The normalized spacial score (nSPS) is 13.9. The topological polar surface area (TPSA) is 87.6 Å². The maximum absolute atomic E-state index is 9.22. The fourth-order valence-electron chi connectivity index (χ4n) is 3.44. The van der Waals surface area contributed by atoms with Crippen LogP contribution in [-0.4, -0.2) is 35.8 Å². The summed E-state index contributed by atoms with van der Waals surface area (Å²) in [5.74, 6) is 0.749. The lowest BCUT2D eigenvalue weighted by atomic mass is 10.2. The van der Waals surface area contributed by atoms with E-state index in [1.807, 2.05) is 10.6 Å². The molecule has 0 unspecified atom stereocenters. The molecule has 0 atom stereocenters. The number of rotatable bonds is 6. The molecular weight excluding hydrogens is 340 g/mol. The van der Waals surface area contributed by atoms with Crippen molar-refractivity contribution in [1.29, 1.82) is 5.26 Å². The summed E-state index contributed by atoms with van der Waals surface area (Å²) in [6, 6.07) is 6.40. The third-order valence-electron chi connectivity index (χ3n) is 4.76. The van der Waals surface area contributed by atoms with Gasteiger partial charge in [-0.1, -0.05) is 0 Å². The molecule has 0 fully saturated rings. The number of hydrogen-bond donors (Lipinski definition) is 1. The van der Waals surface area contributed by atoms with Crippen molar-refractivity contribution in [3.8, 4) is 6.07 Å². The number of aromatic nitrogens is 5. The number of nitriles is 1. The molecule has 0 aromatic carbocycles. The molecule has 4 heterocycles. The number of hydrogen-bond acceptors (Lipinski definition) is 6. The van der Waals surface area contributed by atoms with Gasteiger partial charge in [-0.2, -0.15) is 10.4 Å². The van der Waals surface area contributed by atoms with Gasteiger partial charge in [0.1, 0.15) is 17.6 Å². The zero-order valence-electron chi connectivity index (χ0n) is 15.3. The van der Waals surface area contributed by atoms with Crippen molar-refractivity contribution in [3.63, 3.8) is 0 Å². The van der Waals surface area contributed by atoms with Crippen molar-refractivity contribution in [2.75, 3.05) is 11.9 Å². The third kappa shape index (κ3) is 3.83. The summed E-state index contributed by atoms with van der Waals surface area (Å²) >= 11 is 0. The molecule has 1 N–H and O–H groups in total. The van der Waals surface area contributed by atoms with E-state index in [1.54, 1.807) is 18.6 Å². The largest absolute Gasteiger partial charge is 0.363 e. The highest BCUT2D eigenvalue weighted by molar-refractivity contribution is 5.31. The van der Waals surface area contributed by atoms with Gasteiger partial charge in [0.15, 0.2) is 0 Å². The number of aryl methyl sites for hydroxylation is 1. The summed E-state index contributed by atoms with van der Waals surface area (Å²) < 4.78 is 4.09. The Morgan fingerprint density at radius 1 is 1.26 bits per heavy atom. The van der Waals surface area contributed by atoms with Crippen LogP contribution >= 0.6 is 0 Å². The Hall–Kier alpha value is -3.18. The molecular formula is C19H22N8. The Morgan fingerprint density at radius 3 is 2.93 bits per heavy atom. The molecule has 4 rings (SSSR count). The Morgan fingerprint density at radius 2 is 2.19 bits per heavy atom. The lowest BCUT2D eigenvalue weighted by Crippen LogP contribution is -2.33. The van der Waals surface area contributed by atoms with E-state index in [0.717, 1.165) is 49.9 Å². The van der Waals surface area contributed by atoms with Crippen molar-refractivity contribution in [2.24, 2.45) is 0 Å². The standard InChI is InChI=1S/C19H22N8/c1-2-26-13-15(7-17(26)9-20)12-25-5-6-27-18(14-25)8-16(24-27)10-23-19-11-21-3-4-22-19/h3-4,7-8,11,13H,2,5-6,10,12,14H2,1H3,(H,22,23). The van der Waals surface area contributed by atoms with E-state index in [9.17, 15) is 5.26 Å². The van der Waals surface area contributed by atoms with Crippen LogP contribution in [0.1, 0.15) is 29.6 Å². The van der Waals surface area contributed by atoms with Gasteiger partial charge >= 0.3 is 0 Å². The van der Waals surface area contributed by atoms with Crippen molar-refractivity contribution in [2.45, 2.75) is 39.6 Å². The van der Waals surface area contributed by atoms with Gasteiger partial charge in [-0.25, -0.2) is 4.98 Å². The summed E-state index contributed by atoms with van der Waals surface area (Å²) in [6.07, 6.45) is 7.11. The maximum Gasteiger partial charge on any atom is 0.144 e. The predicted octanol–water partition coefficient (Wildman–Crippen LogP) is 1.99. The van der Waals surface area contributed by atoms with E-state index in [4.69, 9.17) is 0 Å². The van der Waals surface area contributed by atoms with Gasteiger partial charge in [-0.3, -0.25) is 14.6 Å². The van der Waals surface area contributed by atoms with Crippen LogP contribution in [0.3, 0.4) is 0 Å². The van der Waals surface area contributed by atoms with Crippen LogP contribution in [0.5, 0.6) is 0 Å². The lowest BCUT2D eigenvalue weighted by molar-refractivity contribution is 0.205. The minimum Gasteiger partial charge on any atom is -0.363 e. The fourth-order valence-corrected chi connectivity index (χ4v) is 3.44.